The lowest BCUT2D eigenvalue weighted by Gasteiger charge is -2.06. The minimum atomic E-state index is 0.0230. The van der Waals surface area contributed by atoms with Crippen LogP contribution in [0.25, 0.3) is 6.08 Å². The van der Waals surface area contributed by atoms with Gasteiger partial charge >= 0.3 is 0 Å². The van der Waals surface area contributed by atoms with E-state index >= 15 is 0 Å². The average Bonchev–Trinajstić information content (AvgIpc) is 2.26. The first-order valence-electron chi connectivity index (χ1n) is 4.31. The molecule has 3 nitrogen and oxygen atoms in total. The van der Waals surface area contributed by atoms with Gasteiger partial charge in [-0.15, -0.1) is 0 Å². The van der Waals surface area contributed by atoms with Crippen LogP contribution >= 0.6 is 0 Å². The van der Waals surface area contributed by atoms with Crippen LogP contribution in [0.5, 0.6) is 11.5 Å². The Morgan fingerprint density at radius 1 is 1.29 bits per heavy atom. The van der Waals surface area contributed by atoms with E-state index in [-0.39, 0.29) is 6.61 Å². The highest BCUT2D eigenvalue weighted by atomic mass is 16.5. The SMILES string of the molecule is COc1ccc(/C=C/CO)c(OC)c1. The highest BCUT2D eigenvalue weighted by Gasteiger charge is 2.00. The molecule has 1 N–H and O–H groups in total. The van der Waals surface area contributed by atoms with Crippen molar-refractivity contribution in [2.75, 3.05) is 20.8 Å². The molecule has 0 radical (unpaired) electrons. The molecule has 0 spiro atoms. The molecule has 0 aliphatic carbocycles. The summed E-state index contributed by atoms with van der Waals surface area (Å²) >= 11 is 0. The molecule has 0 amide bonds. The first-order valence-corrected chi connectivity index (χ1v) is 4.31. The first kappa shape index (κ1) is 10.6. The number of methoxy groups -OCH3 is 2. The smallest absolute Gasteiger partial charge is 0.129 e. The maximum Gasteiger partial charge on any atom is 0.129 e. The van der Waals surface area contributed by atoms with E-state index in [1.54, 1.807) is 32.4 Å². The van der Waals surface area contributed by atoms with Crippen LogP contribution < -0.4 is 9.47 Å². The Kier molecular flexibility index (Phi) is 4.01. The zero-order valence-corrected chi connectivity index (χ0v) is 8.36. The topological polar surface area (TPSA) is 38.7 Å². The predicted octanol–water partition coefficient (Wildman–Crippen LogP) is 1.71. The minimum Gasteiger partial charge on any atom is -0.497 e. The normalized spacial score (nSPS) is 10.5. The van der Waals surface area contributed by atoms with Crippen LogP contribution in [-0.2, 0) is 0 Å². The Morgan fingerprint density at radius 2 is 2.07 bits per heavy atom. The lowest BCUT2D eigenvalue weighted by atomic mass is 10.2. The van der Waals surface area contributed by atoms with Gasteiger partial charge in [0, 0.05) is 11.6 Å². The van der Waals surface area contributed by atoms with Gasteiger partial charge in [0.2, 0.25) is 0 Å². The van der Waals surface area contributed by atoms with Gasteiger partial charge in [-0.2, -0.15) is 0 Å². The molecule has 0 fully saturated rings. The van der Waals surface area contributed by atoms with Gasteiger partial charge in [-0.05, 0) is 12.1 Å². The second-order valence-electron chi connectivity index (χ2n) is 2.69. The van der Waals surface area contributed by atoms with E-state index in [1.807, 2.05) is 12.1 Å². The summed E-state index contributed by atoms with van der Waals surface area (Å²) in [6.07, 6.45) is 3.46. The number of hydrogen-bond donors (Lipinski definition) is 1. The van der Waals surface area contributed by atoms with E-state index in [0.717, 1.165) is 17.1 Å². The average molecular weight is 194 g/mol. The third kappa shape index (κ3) is 2.50. The van der Waals surface area contributed by atoms with Gasteiger partial charge in [-0.1, -0.05) is 12.2 Å². The van der Waals surface area contributed by atoms with Crippen LogP contribution in [0.3, 0.4) is 0 Å². The molecule has 0 heterocycles. The number of aliphatic hydroxyl groups is 1. The summed E-state index contributed by atoms with van der Waals surface area (Å²) in [6.45, 7) is 0.0230. The fraction of sp³-hybridized carbons (Fsp3) is 0.273. The molecular formula is C11H14O3. The van der Waals surface area contributed by atoms with Crippen molar-refractivity contribution >= 4 is 6.08 Å². The highest BCUT2D eigenvalue weighted by molar-refractivity contribution is 5.59. The summed E-state index contributed by atoms with van der Waals surface area (Å²) in [5.41, 5.74) is 0.919. The summed E-state index contributed by atoms with van der Waals surface area (Å²) in [6, 6.07) is 5.53. The number of hydrogen-bond acceptors (Lipinski definition) is 3. The second-order valence-corrected chi connectivity index (χ2v) is 2.69. The van der Waals surface area contributed by atoms with Gasteiger partial charge < -0.3 is 14.6 Å². The van der Waals surface area contributed by atoms with E-state index in [2.05, 4.69) is 0 Å². The summed E-state index contributed by atoms with van der Waals surface area (Å²) in [7, 11) is 3.21. The molecule has 1 aromatic rings. The predicted molar refractivity (Wildman–Crippen MR) is 55.7 cm³/mol. The molecule has 0 aromatic heterocycles. The summed E-state index contributed by atoms with van der Waals surface area (Å²) < 4.78 is 10.2. The van der Waals surface area contributed by atoms with Crippen molar-refractivity contribution in [3.05, 3.63) is 29.8 Å². The molecule has 3 heteroatoms. The molecular weight excluding hydrogens is 180 g/mol. The van der Waals surface area contributed by atoms with Crippen LogP contribution in [0, 0.1) is 0 Å². The number of ether oxygens (including phenoxy) is 2. The molecule has 1 aromatic carbocycles. The monoisotopic (exact) mass is 194 g/mol. The lowest BCUT2D eigenvalue weighted by Crippen LogP contribution is -1.89. The third-order valence-corrected chi connectivity index (χ3v) is 1.84. The first-order chi connectivity index (χ1) is 6.81. The third-order valence-electron chi connectivity index (χ3n) is 1.84. The van der Waals surface area contributed by atoms with E-state index in [0.29, 0.717) is 0 Å². The van der Waals surface area contributed by atoms with Gasteiger partial charge in [0.05, 0.1) is 20.8 Å². The zero-order valence-electron chi connectivity index (χ0n) is 8.36. The van der Waals surface area contributed by atoms with Gasteiger partial charge in [0.1, 0.15) is 11.5 Å². The van der Waals surface area contributed by atoms with E-state index in [4.69, 9.17) is 14.6 Å². The molecule has 0 saturated heterocycles. The molecule has 0 saturated carbocycles. The molecule has 0 aliphatic rings. The van der Waals surface area contributed by atoms with Crippen LogP contribution in [-0.4, -0.2) is 25.9 Å². The molecule has 14 heavy (non-hydrogen) atoms. The van der Waals surface area contributed by atoms with Gasteiger partial charge in [0.25, 0.3) is 0 Å². The Hall–Kier alpha value is -1.48. The number of aliphatic hydroxyl groups excluding tert-OH is 1. The van der Waals surface area contributed by atoms with Crippen LogP contribution in [0.2, 0.25) is 0 Å². The molecule has 76 valence electrons. The van der Waals surface area contributed by atoms with Crippen molar-refractivity contribution in [3.63, 3.8) is 0 Å². The largest absolute Gasteiger partial charge is 0.497 e. The van der Waals surface area contributed by atoms with E-state index < -0.39 is 0 Å². The molecule has 0 bridgehead atoms. The molecule has 0 unspecified atom stereocenters. The molecule has 1 rings (SSSR count). The molecule has 0 aliphatic heterocycles. The van der Waals surface area contributed by atoms with Crippen molar-refractivity contribution < 1.29 is 14.6 Å². The number of benzene rings is 1. The van der Waals surface area contributed by atoms with Crippen molar-refractivity contribution in [2.45, 2.75) is 0 Å². The zero-order chi connectivity index (χ0) is 10.4. The Bertz CT molecular complexity index is 318. The Labute approximate surface area is 83.6 Å². The molecule has 0 atom stereocenters. The van der Waals surface area contributed by atoms with Crippen molar-refractivity contribution in [1.29, 1.82) is 0 Å². The standard InChI is InChI=1S/C11H14O3/c1-13-10-6-5-9(4-3-7-12)11(8-10)14-2/h3-6,8,12H,7H2,1-2H3/b4-3+. The maximum atomic E-state index is 8.64. The maximum absolute atomic E-state index is 8.64. The van der Waals surface area contributed by atoms with E-state index in [1.165, 1.54) is 0 Å². The van der Waals surface area contributed by atoms with Crippen molar-refractivity contribution in [3.8, 4) is 11.5 Å². The summed E-state index contributed by atoms with van der Waals surface area (Å²) in [5.74, 6) is 1.48. The van der Waals surface area contributed by atoms with Gasteiger partial charge in [0.15, 0.2) is 0 Å². The van der Waals surface area contributed by atoms with Gasteiger partial charge in [-0.3, -0.25) is 0 Å². The Balaban J connectivity index is 2.99. The highest BCUT2D eigenvalue weighted by Crippen LogP contribution is 2.25. The van der Waals surface area contributed by atoms with Crippen LogP contribution in [0.15, 0.2) is 24.3 Å². The van der Waals surface area contributed by atoms with E-state index in [9.17, 15) is 0 Å². The fourth-order valence-corrected chi connectivity index (χ4v) is 1.14. The Morgan fingerprint density at radius 3 is 2.64 bits per heavy atom. The van der Waals surface area contributed by atoms with Crippen LogP contribution in [0.1, 0.15) is 5.56 Å². The quantitative estimate of drug-likeness (QED) is 0.793. The fourth-order valence-electron chi connectivity index (χ4n) is 1.14. The minimum absolute atomic E-state index is 0.0230. The van der Waals surface area contributed by atoms with Crippen molar-refractivity contribution in [1.82, 2.24) is 0 Å². The number of rotatable bonds is 4. The summed E-state index contributed by atoms with van der Waals surface area (Å²) in [5, 5.41) is 8.64. The van der Waals surface area contributed by atoms with Gasteiger partial charge in [-0.25, -0.2) is 0 Å². The van der Waals surface area contributed by atoms with Crippen molar-refractivity contribution in [2.24, 2.45) is 0 Å². The van der Waals surface area contributed by atoms with Crippen LogP contribution in [0.4, 0.5) is 0 Å². The lowest BCUT2D eigenvalue weighted by molar-refractivity contribution is 0.343. The summed E-state index contributed by atoms with van der Waals surface area (Å²) in [4.78, 5) is 0. The second kappa shape index (κ2) is 5.29.